The van der Waals surface area contributed by atoms with Crippen LogP contribution >= 0.6 is 0 Å². The number of rotatable bonds is 2. The van der Waals surface area contributed by atoms with Gasteiger partial charge in [0, 0.05) is 12.5 Å². The summed E-state index contributed by atoms with van der Waals surface area (Å²) in [6, 6.07) is 0. The molecule has 1 aromatic rings. The van der Waals surface area contributed by atoms with Crippen molar-refractivity contribution >= 4 is 0 Å². The Morgan fingerprint density at radius 2 is 1.92 bits per heavy atom. The van der Waals surface area contributed by atoms with Crippen molar-refractivity contribution in [2.75, 3.05) is 0 Å². The lowest BCUT2D eigenvalue weighted by atomic mass is 9.90. The van der Waals surface area contributed by atoms with E-state index in [1.807, 2.05) is 11.7 Å². The molecular formula is C10H19N3. The fourth-order valence-corrected chi connectivity index (χ4v) is 1.48. The van der Waals surface area contributed by atoms with Crippen molar-refractivity contribution in [3.63, 3.8) is 0 Å². The molecule has 0 saturated heterocycles. The molecule has 0 aliphatic heterocycles. The van der Waals surface area contributed by atoms with Crippen molar-refractivity contribution in [1.29, 1.82) is 0 Å². The first-order valence-corrected chi connectivity index (χ1v) is 4.86. The van der Waals surface area contributed by atoms with Gasteiger partial charge in [-0.05, 0) is 6.42 Å². The Balaban J connectivity index is 3.07. The van der Waals surface area contributed by atoms with E-state index in [0.717, 1.165) is 18.5 Å². The van der Waals surface area contributed by atoms with Crippen LogP contribution in [0, 0.1) is 0 Å². The van der Waals surface area contributed by atoms with E-state index in [1.165, 1.54) is 5.69 Å². The van der Waals surface area contributed by atoms with Crippen LogP contribution < -0.4 is 0 Å². The van der Waals surface area contributed by atoms with Crippen LogP contribution in [0.3, 0.4) is 0 Å². The molecule has 0 amide bonds. The second-order valence-electron chi connectivity index (χ2n) is 4.51. The van der Waals surface area contributed by atoms with Crippen molar-refractivity contribution in [2.24, 2.45) is 7.05 Å². The maximum atomic E-state index is 4.22. The number of hydrogen-bond acceptors (Lipinski definition) is 2. The van der Waals surface area contributed by atoms with E-state index in [9.17, 15) is 0 Å². The summed E-state index contributed by atoms with van der Waals surface area (Å²) in [7, 11) is 1.97. The minimum absolute atomic E-state index is 0.110. The Kier molecular flexibility index (Phi) is 2.74. The van der Waals surface area contributed by atoms with E-state index in [0.29, 0.717) is 0 Å². The molecule has 0 N–H and O–H groups in total. The molecule has 1 heterocycles. The summed E-state index contributed by atoms with van der Waals surface area (Å²) in [5, 5.41) is 8.29. The van der Waals surface area contributed by atoms with Gasteiger partial charge in [0.15, 0.2) is 0 Å². The highest BCUT2D eigenvalue weighted by atomic mass is 15.4. The molecule has 13 heavy (non-hydrogen) atoms. The summed E-state index contributed by atoms with van der Waals surface area (Å²) in [6.45, 7) is 8.71. The third-order valence-corrected chi connectivity index (χ3v) is 2.14. The molecule has 74 valence electrons. The van der Waals surface area contributed by atoms with E-state index >= 15 is 0 Å². The molecule has 0 saturated carbocycles. The Morgan fingerprint density at radius 3 is 2.38 bits per heavy atom. The third-order valence-electron chi connectivity index (χ3n) is 2.14. The largest absolute Gasteiger partial charge is 0.252 e. The van der Waals surface area contributed by atoms with Gasteiger partial charge >= 0.3 is 0 Å². The molecular weight excluding hydrogens is 162 g/mol. The number of nitrogens with zero attached hydrogens (tertiary/aromatic N) is 3. The molecule has 0 bridgehead atoms. The van der Waals surface area contributed by atoms with Crippen molar-refractivity contribution in [3.05, 3.63) is 11.4 Å². The second-order valence-corrected chi connectivity index (χ2v) is 4.51. The van der Waals surface area contributed by atoms with E-state index in [1.54, 1.807) is 0 Å². The lowest BCUT2D eigenvalue weighted by Crippen LogP contribution is -2.15. The zero-order chi connectivity index (χ0) is 10.1. The van der Waals surface area contributed by atoms with Gasteiger partial charge in [-0.15, -0.1) is 5.10 Å². The number of aromatic nitrogens is 3. The Morgan fingerprint density at radius 1 is 1.31 bits per heavy atom. The topological polar surface area (TPSA) is 30.7 Å². The van der Waals surface area contributed by atoms with Gasteiger partial charge in [0.05, 0.1) is 11.4 Å². The minimum atomic E-state index is 0.110. The smallest absolute Gasteiger partial charge is 0.0912 e. The summed E-state index contributed by atoms with van der Waals surface area (Å²) >= 11 is 0. The number of aryl methyl sites for hydroxylation is 1. The fourth-order valence-electron chi connectivity index (χ4n) is 1.48. The van der Waals surface area contributed by atoms with Crippen LogP contribution in [-0.2, 0) is 18.9 Å². The number of hydrogen-bond donors (Lipinski definition) is 0. The van der Waals surface area contributed by atoms with Crippen molar-refractivity contribution in [2.45, 2.75) is 46.0 Å². The van der Waals surface area contributed by atoms with Crippen LogP contribution in [0.4, 0.5) is 0 Å². The molecule has 0 aliphatic carbocycles. The Labute approximate surface area is 80.1 Å². The predicted molar refractivity (Wildman–Crippen MR) is 53.7 cm³/mol. The summed E-state index contributed by atoms with van der Waals surface area (Å²) in [4.78, 5) is 0. The lowest BCUT2D eigenvalue weighted by Gasteiger charge is -2.16. The highest BCUT2D eigenvalue weighted by Crippen LogP contribution is 2.23. The zero-order valence-corrected chi connectivity index (χ0v) is 9.26. The Hall–Kier alpha value is -0.860. The van der Waals surface area contributed by atoms with Crippen molar-refractivity contribution < 1.29 is 0 Å². The third kappa shape index (κ3) is 2.08. The molecule has 0 spiro atoms. The first kappa shape index (κ1) is 10.2. The average Bonchev–Trinajstić information content (AvgIpc) is 2.32. The van der Waals surface area contributed by atoms with Crippen molar-refractivity contribution in [1.82, 2.24) is 15.0 Å². The molecule has 1 aromatic heterocycles. The predicted octanol–water partition coefficient (Wildman–Crippen LogP) is 2.07. The summed E-state index contributed by atoms with van der Waals surface area (Å²) < 4.78 is 1.89. The monoisotopic (exact) mass is 181 g/mol. The molecule has 0 fully saturated rings. The average molecular weight is 181 g/mol. The molecule has 1 rings (SSSR count). The van der Waals surface area contributed by atoms with Crippen LogP contribution in [0.1, 0.15) is 45.5 Å². The molecule has 3 heteroatoms. The molecule has 0 atom stereocenters. The van der Waals surface area contributed by atoms with E-state index in [4.69, 9.17) is 0 Å². The highest BCUT2D eigenvalue weighted by Gasteiger charge is 2.22. The van der Waals surface area contributed by atoms with Crippen LogP contribution in [0.25, 0.3) is 0 Å². The normalized spacial score (nSPS) is 12.1. The van der Waals surface area contributed by atoms with Gasteiger partial charge in [0.2, 0.25) is 0 Å². The first-order chi connectivity index (χ1) is 5.96. The lowest BCUT2D eigenvalue weighted by molar-refractivity contribution is 0.558. The van der Waals surface area contributed by atoms with E-state index in [2.05, 4.69) is 38.0 Å². The molecule has 3 nitrogen and oxygen atoms in total. The van der Waals surface area contributed by atoms with Crippen LogP contribution in [0.15, 0.2) is 0 Å². The molecule has 0 aromatic carbocycles. The van der Waals surface area contributed by atoms with Gasteiger partial charge in [-0.3, -0.25) is 4.68 Å². The van der Waals surface area contributed by atoms with Crippen molar-refractivity contribution in [3.8, 4) is 0 Å². The maximum absolute atomic E-state index is 4.22. The Bertz CT molecular complexity index is 281. The van der Waals surface area contributed by atoms with E-state index in [-0.39, 0.29) is 5.41 Å². The zero-order valence-electron chi connectivity index (χ0n) is 9.26. The minimum Gasteiger partial charge on any atom is -0.252 e. The van der Waals surface area contributed by atoms with Crippen LogP contribution in [-0.4, -0.2) is 15.0 Å². The van der Waals surface area contributed by atoms with Gasteiger partial charge in [0.1, 0.15) is 0 Å². The van der Waals surface area contributed by atoms with Crippen LogP contribution in [0.5, 0.6) is 0 Å². The van der Waals surface area contributed by atoms with Gasteiger partial charge in [0.25, 0.3) is 0 Å². The quantitative estimate of drug-likeness (QED) is 0.699. The first-order valence-electron chi connectivity index (χ1n) is 4.86. The fraction of sp³-hybridized carbons (Fsp3) is 0.800. The van der Waals surface area contributed by atoms with Gasteiger partial charge < -0.3 is 0 Å². The summed E-state index contributed by atoms with van der Waals surface area (Å²) in [6.07, 6.45) is 2.21. The highest BCUT2D eigenvalue weighted by molar-refractivity contribution is 5.18. The molecule has 0 aliphatic rings. The second kappa shape index (κ2) is 3.48. The molecule has 0 unspecified atom stereocenters. The van der Waals surface area contributed by atoms with Gasteiger partial charge in [-0.2, -0.15) is 0 Å². The van der Waals surface area contributed by atoms with E-state index < -0.39 is 0 Å². The van der Waals surface area contributed by atoms with Gasteiger partial charge in [-0.1, -0.05) is 39.3 Å². The maximum Gasteiger partial charge on any atom is 0.0912 e. The molecule has 0 radical (unpaired) electrons. The standard InChI is InChI=1S/C10H19N3/c1-6-7-8-9(10(2,3)4)11-12-13(8)5/h6-7H2,1-5H3. The summed E-state index contributed by atoms with van der Waals surface area (Å²) in [5.41, 5.74) is 2.52. The summed E-state index contributed by atoms with van der Waals surface area (Å²) in [5.74, 6) is 0. The van der Waals surface area contributed by atoms with Gasteiger partial charge in [-0.25, -0.2) is 0 Å². The van der Waals surface area contributed by atoms with Crippen LogP contribution in [0.2, 0.25) is 0 Å². The SMILES string of the molecule is CCCc1c(C(C)(C)C)nnn1C.